The molecule has 1 aromatic carbocycles. The van der Waals surface area contributed by atoms with Gasteiger partial charge >= 0.3 is 0 Å². The van der Waals surface area contributed by atoms with Crippen molar-refractivity contribution in [2.24, 2.45) is 0 Å². The average molecular weight is 254 g/mol. The van der Waals surface area contributed by atoms with E-state index in [4.69, 9.17) is 11.6 Å². The molecule has 0 saturated carbocycles. The van der Waals surface area contributed by atoms with E-state index >= 15 is 0 Å². The molecule has 1 heterocycles. The molecule has 16 heavy (non-hydrogen) atoms. The van der Waals surface area contributed by atoms with Crippen LogP contribution >= 0.6 is 22.9 Å². The molecule has 2 N–H and O–H groups in total. The number of carbonyl (C=O) groups is 1. The number of hydrogen-bond acceptors (Lipinski definition) is 3. The zero-order chi connectivity index (χ0) is 11.5. The Balaban J connectivity index is 2.15. The highest BCUT2D eigenvalue weighted by Crippen LogP contribution is 2.26. The number of phenolic OH excluding ortho intramolecular Hbond substituents is 1. The Morgan fingerprint density at radius 2 is 2.19 bits per heavy atom. The van der Waals surface area contributed by atoms with Gasteiger partial charge in [-0.3, -0.25) is 4.79 Å². The van der Waals surface area contributed by atoms with Gasteiger partial charge in [0.1, 0.15) is 5.75 Å². The maximum Gasteiger partial charge on any atom is 0.256 e. The first kappa shape index (κ1) is 11.0. The fraction of sp³-hybridized carbons (Fsp3) is 0. The van der Waals surface area contributed by atoms with Gasteiger partial charge in [0.05, 0.1) is 10.6 Å². The first-order valence-electron chi connectivity index (χ1n) is 4.49. The third-order valence-electron chi connectivity index (χ3n) is 1.99. The van der Waals surface area contributed by atoms with Gasteiger partial charge < -0.3 is 10.4 Å². The molecule has 0 spiro atoms. The number of benzene rings is 1. The SMILES string of the molecule is O=C(Nc1ccc(O)c(Cl)c1)c1ccsc1. The van der Waals surface area contributed by atoms with Crippen molar-refractivity contribution in [3.8, 4) is 5.75 Å². The minimum Gasteiger partial charge on any atom is -0.506 e. The lowest BCUT2D eigenvalue weighted by Crippen LogP contribution is -2.10. The minimum atomic E-state index is -0.192. The van der Waals surface area contributed by atoms with Crippen molar-refractivity contribution in [3.05, 3.63) is 45.6 Å². The van der Waals surface area contributed by atoms with E-state index in [1.54, 1.807) is 17.5 Å². The average Bonchev–Trinajstić information content (AvgIpc) is 2.77. The van der Waals surface area contributed by atoms with Gasteiger partial charge in [-0.25, -0.2) is 0 Å². The summed E-state index contributed by atoms with van der Waals surface area (Å²) in [6, 6.07) is 6.26. The molecule has 0 aliphatic heterocycles. The molecular formula is C11H8ClNO2S. The minimum absolute atomic E-state index is 0.00445. The fourth-order valence-corrected chi connectivity index (χ4v) is 2.00. The number of carbonyl (C=O) groups excluding carboxylic acids is 1. The van der Waals surface area contributed by atoms with Crippen molar-refractivity contribution < 1.29 is 9.90 Å². The zero-order valence-electron chi connectivity index (χ0n) is 8.11. The quantitative estimate of drug-likeness (QED) is 0.807. The molecule has 0 aliphatic rings. The van der Waals surface area contributed by atoms with E-state index in [0.29, 0.717) is 11.3 Å². The molecule has 3 nitrogen and oxygen atoms in total. The van der Waals surface area contributed by atoms with Crippen LogP contribution in [-0.4, -0.2) is 11.0 Å². The summed E-state index contributed by atoms with van der Waals surface area (Å²) in [4.78, 5) is 11.7. The Bertz CT molecular complexity index is 511. The van der Waals surface area contributed by atoms with Gasteiger partial charge in [-0.1, -0.05) is 11.6 Å². The number of halogens is 1. The lowest BCUT2D eigenvalue weighted by molar-refractivity contribution is 0.102. The predicted molar refractivity (Wildman–Crippen MR) is 65.4 cm³/mol. The normalized spacial score (nSPS) is 10.1. The third kappa shape index (κ3) is 2.35. The summed E-state index contributed by atoms with van der Waals surface area (Å²) in [6.07, 6.45) is 0. The molecule has 2 rings (SSSR count). The van der Waals surface area contributed by atoms with Crippen LogP contribution in [0.5, 0.6) is 5.75 Å². The molecule has 0 radical (unpaired) electrons. The zero-order valence-corrected chi connectivity index (χ0v) is 9.68. The van der Waals surface area contributed by atoms with E-state index in [-0.39, 0.29) is 16.7 Å². The Labute approximate surface area is 101 Å². The van der Waals surface area contributed by atoms with Crippen LogP contribution in [0.15, 0.2) is 35.0 Å². The second-order valence-electron chi connectivity index (χ2n) is 3.13. The summed E-state index contributed by atoms with van der Waals surface area (Å²) in [6.45, 7) is 0. The molecule has 0 saturated heterocycles. The molecule has 0 aliphatic carbocycles. The molecule has 82 valence electrons. The molecule has 0 bridgehead atoms. The van der Waals surface area contributed by atoms with Crippen LogP contribution in [-0.2, 0) is 0 Å². The van der Waals surface area contributed by atoms with Crippen molar-refractivity contribution in [1.29, 1.82) is 0 Å². The van der Waals surface area contributed by atoms with Crippen molar-refractivity contribution in [2.45, 2.75) is 0 Å². The van der Waals surface area contributed by atoms with Crippen LogP contribution in [0, 0.1) is 0 Å². The predicted octanol–water partition coefficient (Wildman–Crippen LogP) is 3.36. The number of aromatic hydroxyl groups is 1. The number of phenols is 1. The highest BCUT2D eigenvalue weighted by atomic mass is 35.5. The van der Waals surface area contributed by atoms with E-state index in [1.807, 2.05) is 5.38 Å². The lowest BCUT2D eigenvalue weighted by atomic mass is 10.2. The molecule has 0 unspecified atom stereocenters. The maximum absolute atomic E-state index is 11.7. The second-order valence-corrected chi connectivity index (χ2v) is 4.32. The number of anilines is 1. The van der Waals surface area contributed by atoms with Crippen molar-refractivity contribution in [3.63, 3.8) is 0 Å². The molecule has 1 amide bonds. The standard InChI is InChI=1S/C11H8ClNO2S/c12-9-5-8(1-2-10(9)14)13-11(15)7-3-4-16-6-7/h1-6,14H,(H,13,15). The first-order chi connectivity index (χ1) is 7.66. The fourth-order valence-electron chi connectivity index (χ4n) is 1.18. The van der Waals surface area contributed by atoms with Crippen molar-refractivity contribution >= 4 is 34.5 Å². The topological polar surface area (TPSA) is 49.3 Å². The van der Waals surface area contributed by atoms with Gasteiger partial charge in [0.25, 0.3) is 5.91 Å². The Hall–Kier alpha value is -1.52. The maximum atomic E-state index is 11.7. The van der Waals surface area contributed by atoms with Gasteiger partial charge in [-0.2, -0.15) is 11.3 Å². The van der Waals surface area contributed by atoms with Crippen LogP contribution in [0.1, 0.15) is 10.4 Å². The summed E-state index contributed by atoms with van der Waals surface area (Å²) in [5, 5.41) is 15.7. The molecule has 5 heteroatoms. The van der Waals surface area contributed by atoms with Crippen LogP contribution in [0.2, 0.25) is 5.02 Å². The summed E-state index contributed by atoms with van der Waals surface area (Å²) >= 11 is 7.18. The van der Waals surface area contributed by atoms with Crippen molar-refractivity contribution in [2.75, 3.05) is 5.32 Å². The summed E-state index contributed by atoms with van der Waals surface area (Å²) in [5.74, 6) is -0.196. The van der Waals surface area contributed by atoms with Crippen LogP contribution < -0.4 is 5.32 Å². The second kappa shape index (κ2) is 4.55. The number of rotatable bonds is 2. The smallest absolute Gasteiger partial charge is 0.256 e. The number of hydrogen-bond donors (Lipinski definition) is 2. The van der Waals surface area contributed by atoms with E-state index in [1.165, 1.54) is 23.5 Å². The number of thiophene rings is 1. The molecule has 0 atom stereocenters. The number of amides is 1. The van der Waals surface area contributed by atoms with Gasteiger partial charge in [0.2, 0.25) is 0 Å². The number of nitrogens with one attached hydrogen (secondary N) is 1. The highest BCUT2D eigenvalue weighted by molar-refractivity contribution is 7.08. The highest BCUT2D eigenvalue weighted by Gasteiger charge is 2.07. The van der Waals surface area contributed by atoms with E-state index in [0.717, 1.165) is 0 Å². The van der Waals surface area contributed by atoms with Gasteiger partial charge in [-0.05, 0) is 29.6 Å². The van der Waals surface area contributed by atoms with Crippen LogP contribution in [0.25, 0.3) is 0 Å². The van der Waals surface area contributed by atoms with Crippen LogP contribution in [0.4, 0.5) is 5.69 Å². The van der Waals surface area contributed by atoms with E-state index in [9.17, 15) is 9.90 Å². The molecule has 0 fully saturated rings. The molecule has 2 aromatic rings. The van der Waals surface area contributed by atoms with Gasteiger partial charge in [0.15, 0.2) is 0 Å². The monoisotopic (exact) mass is 253 g/mol. The lowest BCUT2D eigenvalue weighted by Gasteiger charge is -2.04. The summed E-state index contributed by atoms with van der Waals surface area (Å²) in [7, 11) is 0. The van der Waals surface area contributed by atoms with E-state index in [2.05, 4.69) is 5.32 Å². The van der Waals surface area contributed by atoms with E-state index < -0.39 is 0 Å². The van der Waals surface area contributed by atoms with Crippen LogP contribution in [0.3, 0.4) is 0 Å². The van der Waals surface area contributed by atoms with Crippen molar-refractivity contribution in [1.82, 2.24) is 0 Å². The third-order valence-corrected chi connectivity index (χ3v) is 2.97. The van der Waals surface area contributed by atoms with Gasteiger partial charge in [-0.15, -0.1) is 0 Å². The first-order valence-corrected chi connectivity index (χ1v) is 5.81. The Morgan fingerprint density at radius 1 is 1.38 bits per heavy atom. The largest absolute Gasteiger partial charge is 0.506 e. The molecular weight excluding hydrogens is 246 g/mol. The van der Waals surface area contributed by atoms with Gasteiger partial charge in [0, 0.05) is 11.1 Å². The summed E-state index contributed by atoms with van der Waals surface area (Å²) < 4.78 is 0. The Morgan fingerprint density at radius 3 is 2.81 bits per heavy atom. The Kier molecular flexibility index (Phi) is 3.12. The summed E-state index contributed by atoms with van der Waals surface area (Å²) in [5.41, 5.74) is 1.16. The molecule has 1 aromatic heterocycles.